The molecule has 0 aromatic carbocycles. The Bertz CT molecular complexity index is 356. The Morgan fingerprint density at radius 2 is 2.06 bits per heavy atom. The highest BCUT2D eigenvalue weighted by molar-refractivity contribution is 5.48. The van der Waals surface area contributed by atoms with Crippen molar-refractivity contribution in [3.05, 3.63) is 23.9 Å². The average molecular weight is 234 g/mol. The van der Waals surface area contributed by atoms with Gasteiger partial charge in [-0.25, -0.2) is 4.98 Å². The van der Waals surface area contributed by atoms with Gasteiger partial charge in [-0.05, 0) is 19.5 Å². The van der Waals surface area contributed by atoms with Crippen molar-refractivity contribution in [2.45, 2.75) is 19.9 Å². The number of anilines is 1. The van der Waals surface area contributed by atoms with E-state index in [9.17, 15) is 0 Å². The monoisotopic (exact) mass is 234 g/mol. The summed E-state index contributed by atoms with van der Waals surface area (Å²) in [6.45, 7) is 9.69. The quantitative estimate of drug-likeness (QED) is 0.855. The number of piperazine rings is 1. The lowest BCUT2D eigenvalue weighted by molar-refractivity contribution is 0.270. The molecule has 1 aliphatic heterocycles. The summed E-state index contributed by atoms with van der Waals surface area (Å²) in [6, 6.07) is 4.09. The normalized spacial score (nSPS) is 19.4. The number of rotatable bonds is 3. The topological polar surface area (TPSA) is 45.4 Å². The summed E-state index contributed by atoms with van der Waals surface area (Å²) in [7, 11) is 0. The largest absolute Gasteiger partial charge is 0.354 e. The third-order valence-corrected chi connectivity index (χ3v) is 3.43. The van der Waals surface area contributed by atoms with E-state index in [4.69, 9.17) is 5.73 Å². The highest BCUT2D eigenvalue weighted by Crippen LogP contribution is 2.23. The van der Waals surface area contributed by atoms with E-state index in [0.717, 1.165) is 44.1 Å². The average Bonchev–Trinajstić information content (AvgIpc) is 2.39. The first-order valence-electron chi connectivity index (χ1n) is 6.40. The fourth-order valence-electron chi connectivity index (χ4n) is 2.30. The first-order valence-corrected chi connectivity index (χ1v) is 6.40. The van der Waals surface area contributed by atoms with Crippen LogP contribution in [0.15, 0.2) is 18.3 Å². The van der Waals surface area contributed by atoms with Crippen LogP contribution >= 0.6 is 0 Å². The van der Waals surface area contributed by atoms with Gasteiger partial charge in [0, 0.05) is 44.0 Å². The van der Waals surface area contributed by atoms with Gasteiger partial charge in [0.1, 0.15) is 5.82 Å². The summed E-state index contributed by atoms with van der Waals surface area (Å²) in [6.07, 6.45) is 1.85. The number of nitrogens with zero attached hydrogens (tertiary/aromatic N) is 3. The van der Waals surface area contributed by atoms with Gasteiger partial charge in [-0.15, -0.1) is 0 Å². The SMILES string of the molecule is CCN1CCN(c2ncccc2[C@H](C)N)CC1. The van der Waals surface area contributed by atoms with Crippen molar-refractivity contribution in [2.75, 3.05) is 37.6 Å². The summed E-state index contributed by atoms with van der Waals surface area (Å²) < 4.78 is 0. The van der Waals surface area contributed by atoms with Crippen molar-refractivity contribution in [3.63, 3.8) is 0 Å². The third kappa shape index (κ3) is 2.76. The maximum Gasteiger partial charge on any atom is 0.133 e. The van der Waals surface area contributed by atoms with E-state index in [1.54, 1.807) is 0 Å². The molecule has 1 aliphatic rings. The molecule has 0 unspecified atom stereocenters. The Labute approximate surface area is 103 Å². The van der Waals surface area contributed by atoms with E-state index in [1.165, 1.54) is 0 Å². The maximum absolute atomic E-state index is 6.00. The van der Waals surface area contributed by atoms with Crippen LogP contribution in [0.1, 0.15) is 25.5 Å². The zero-order valence-electron chi connectivity index (χ0n) is 10.8. The van der Waals surface area contributed by atoms with E-state index in [-0.39, 0.29) is 6.04 Å². The molecule has 0 amide bonds. The van der Waals surface area contributed by atoms with Crippen LogP contribution in [-0.2, 0) is 0 Å². The molecule has 94 valence electrons. The lowest BCUT2D eigenvalue weighted by Crippen LogP contribution is -2.46. The van der Waals surface area contributed by atoms with Gasteiger partial charge in [-0.3, -0.25) is 0 Å². The van der Waals surface area contributed by atoms with Crippen LogP contribution in [0.25, 0.3) is 0 Å². The van der Waals surface area contributed by atoms with Gasteiger partial charge in [-0.2, -0.15) is 0 Å². The van der Waals surface area contributed by atoms with Gasteiger partial charge in [0.05, 0.1) is 0 Å². The van der Waals surface area contributed by atoms with Crippen molar-refractivity contribution in [1.82, 2.24) is 9.88 Å². The summed E-state index contributed by atoms with van der Waals surface area (Å²) in [5.41, 5.74) is 7.15. The Kier molecular flexibility index (Phi) is 3.97. The van der Waals surface area contributed by atoms with E-state index in [2.05, 4.69) is 27.8 Å². The summed E-state index contributed by atoms with van der Waals surface area (Å²) in [5.74, 6) is 1.07. The molecular weight excluding hydrogens is 212 g/mol. The fraction of sp³-hybridized carbons (Fsp3) is 0.615. The molecule has 2 heterocycles. The van der Waals surface area contributed by atoms with Crippen molar-refractivity contribution < 1.29 is 0 Å². The van der Waals surface area contributed by atoms with Gasteiger partial charge < -0.3 is 15.5 Å². The predicted octanol–water partition coefficient (Wildman–Crippen LogP) is 1.24. The van der Waals surface area contributed by atoms with Gasteiger partial charge in [-0.1, -0.05) is 13.0 Å². The highest BCUT2D eigenvalue weighted by Gasteiger charge is 2.19. The second-order valence-electron chi connectivity index (χ2n) is 4.63. The number of aromatic nitrogens is 1. The zero-order chi connectivity index (χ0) is 12.3. The molecule has 1 atom stereocenters. The second-order valence-corrected chi connectivity index (χ2v) is 4.63. The Hall–Kier alpha value is -1.13. The molecule has 2 N–H and O–H groups in total. The molecule has 1 aromatic rings. The first kappa shape index (κ1) is 12.3. The Morgan fingerprint density at radius 3 is 2.65 bits per heavy atom. The van der Waals surface area contributed by atoms with Crippen LogP contribution in [-0.4, -0.2) is 42.6 Å². The number of hydrogen-bond acceptors (Lipinski definition) is 4. The third-order valence-electron chi connectivity index (χ3n) is 3.43. The predicted molar refractivity (Wildman–Crippen MR) is 71.2 cm³/mol. The minimum Gasteiger partial charge on any atom is -0.354 e. The summed E-state index contributed by atoms with van der Waals surface area (Å²) >= 11 is 0. The lowest BCUT2D eigenvalue weighted by Gasteiger charge is -2.36. The van der Waals surface area contributed by atoms with Crippen LogP contribution in [0.4, 0.5) is 5.82 Å². The number of hydrogen-bond donors (Lipinski definition) is 1. The lowest BCUT2D eigenvalue weighted by atomic mass is 10.1. The first-order chi connectivity index (χ1) is 8.22. The highest BCUT2D eigenvalue weighted by atomic mass is 15.3. The van der Waals surface area contributed by atoms with Crippen molar-refractivity contribution >= 4 is 5.82 Å². The van der Waals surface area contributed by atoms with Crippen LogP contribution in [0.2, 0.25) is 0 Å². The molecule has 4 heteroatoms. The van der Waals surface area contributed by atoms with Crippen molar-refractivity contribution in [3.8, 4) is 0 Å². The molecule has 0 bridgehead atoms. The van der Waals surface area contributed by atoms with Gasteiger partial charge in [0.25, 0.3) is 0 Å². The Balaban J connectivity index is 2.13. The number of likely N-dealkylation sites (N-methyl/N-ethyl adjacent to an activating group) is 1. The van der Waals surface area contributed by atoms with E-state index < -0.39 is 0 Å². The minimum atomic E-state index is 0.0444. The van der Waals surface area contributed by atoms with Crippen LogP contribution in [0.3, 0.4) is 0 Å². The standard InChI is InChI=1S/C13H22N4/c1-3-16-7-9-17(10-8-16)13-12(11(2)14)5-4-6-15-13/h4-6,11H,3,7-10,14H2,1-2H3/t11-/m0/s1. The van der Waals surface area contributed by atoms with Crippen LogP contribution in [0, 0.1) is 0 Å². The molecule has 1 aromatic heterocycles. The number of nitrogens with two attached hydrogens (primary N) is 1. The minimum absolute atomic E-state index is 0.0444. The zero-order valence-corrected chi connectivity index (χ0v) is 10.8. The Morgan fingerprint density at radius 1 is 1.35 bits per heavy atom. The molecule has 1 fully saturated rings. The fourth-order valence-corrected chi connectivity index (χ4v) is 2.30. The van der Waals surface area contributed by atoms with E-state index in [1.807, 2.05) is 19.2 Å². The van der Waals surface area contributed by atoms with Crippen molar-refractivity contribution in [1.29, 1.82) is 0 Å². The molecule has 0 spiro atoms. The molecule has 0 radical (unpaired) electrons. The van der Waals surface area contributed by atoms with Gasteiger partial charge >= 0.3 is 0 Å². The van der Waals surface area contributed by atoms with E-state index in [0.29, 0.717) is 0 Å². The van der Waals surface area contributed by atoms with Crippen molar-refractivity contribution in [2.24, 2.45) is 5.73 Å². The molecule has 17 heavy (non-hydrogen) atoms. The van der Waals surface area contributed by atoms with Gasteiger partial charge in [0.2, 0.25) is 0 Å². The second kappa shape index (κ2) is 5.47. The maximum atomic E-state index is 6.00. The van der Waals surface area contributed by atoms with E-state index >= 15 is 0 Å². The molecule has 0 saturated carbocycles. The van der Waals surface area contributed by atoms with Crippen LogP contribution in [0.5, 0.6) is 0 Å². The molecular formula is C13H22N4. The summed E-state index contributed by atoms with van der Waals surface area (Å²) in [5, 5.41) is 0. The van der Waals surface area contributed by atoms with Gasteiger partial charge in [0.15, 0.2) is 0 Å². The smallest absolute Gasteiger partial charge is 0.133 e. The molecule has 2 rings (SSSR count). The molecule has 4 nitrogen and oxygen atoms in total. The van der Waals surface area contributed by atoms with Crippen LogP contribution < -0.4 is 10.6 Å². The molecule has 0 aliphatic carbocycles. The number of pyridine rings is 1. The molecule has 1 saturated heterocycles. The summed E-state index contributed by atoms with van der Waals surface area (Å²) in [4.78, 5) is 9.32.